The number of nitrogens with one attached hydrogen (secondary N) is 1. The number of halogens is 2. The number of nitrogens with two attached hydrogens (primary N) is 1. The average Bonchev–Trinajstić information content (AvgIpc) is 3.40. The molecule has 2 aromatic carbocycles. The van der Waals surface area contributed by atoms with E-state index in [0.717, 1.165) is 12.8 Å². The summed E-state index contributed by atoms with van der Waals surface area (Å²) in [5.41, 5.74) is 7.08. The van der Waals surface area contributed by atoms with Gasteiger partial charge in [0.25, 0.3) is 0 Å². The van der Waals surface area contributed by atoms with Crippen LogP contribution in [-0.4, -0.2) is 80.7 Å². The number of amides is 2. The predicted octanol–water partition coefficient (Wildman–Crippen LogP) is 3.20. The lowest BCUT2D eigenvalue weighted by atomic mass is 9.82. The third kappa shape index (κ3) is 7.22. The van der Waals surface area contributed by atoms with Crippen LogP contribution in [0.4, 0.5) is 13.6 Å². The third-order valence-electron chi connectivity index (χ3n) is 8.32. The highest BCUT2D eigenvalue weighted by Crippen LogP contribution is 2.40. The summed E-state index contributed by atoms with van der Waals surface area (Å²) >= 11 is 0. The van der Waals surface area contributed by atoms with E-state index in [2.05, 4.69) is 5.32 Å². The first-order chi connectivity index (χ1) is 19.5. The monoisotopic (exact) mass is 592 g/mol. The molecule has 3 N–H and O–H groups in total. The fourth-order valence-corrected chi connectivity index (χ4v) is 7.62. The Morgan fingerprint density at radius 2 is 1.63 bits per heavy atom. The largest absolute Gasteiger partial charge is 0.453 e. The Hall–Kier alpha value is -3.09. The molecule has 2 aromatic rings. The van der Waals surface area contributed by atoms with Crippen LogP contribution in [0.1, 0.15) is 49.1 Å². The zero-order valence-electron chi connectivity index (χ0n) is 23.3. The number of hydrogen-bond donors (Lipinski definition) is 2. The van der Waals surface area contributed by atoms with Crippen LogP contribution >= 0.6 is 0 Å². The lowest BCUT2D eigenvalue weighted by Gasteiger charge is -2.41. The van der Waals surface area contributed by atoms with Crippen molar-refractivity contribution in [3.05, 3.63) is 71.3 Å². The van der Waals surface area contributed by atoms with Crippen molar-refractivity contribution in [1.29, 1.82) is 0 Å². The van der Waals surface area contributed by atoms with Crippen LogP contribution in [0, 0.1) is 17.6 Å². The van der Waals surface area contributed by atoms with E-state index in [4.69, 9.17) is 10.5 Å². The minimum absolute atomic E-state index is 0.0404. The van der Waals surface area contributed by atoms with Crippen molar-refractivity contribution in [3.63, 3.8) is 0 Å². The number of methoxy groups -OCH3 is 1. The molecular formula is C29H38F2N4O5S. The van der Waals surface area contributed by atoms with Gasteiger partial charge in [0.2, 0.25) is 15.9 Å². The smallest absolute Gasteiger partial charge is 0.410 e. The van der Waals surface area contributed by atoms with Crippen molar-refractivity contribution in [2.24, 2.45) is 11.7 Å². The molecule has 1 aliphatic heterocycles. The van der Waals surface area contributed by atoms with Gasteiger partial charge in [-0.3, -0.25) is 9.69 Å². The number of rotatable bonds is 10. The highest BCUT2D eigenvalue weighted by atomic mass is 32.2. The van der Waals surface area contributed by atoms with E-state index in [-0.39, 0.29) is 12.0 Å². The van der Waals surface area contributed by atoms with Crippen LogP contribution in [0.3, 0.4) is 0 Å². The zero-order chi connectivity index (χ0) is 29.7. The van der Waals surface area contributed by atoms with Crippen LogP contribution < -0.4 is 11.1 Å². The lowest BCUT2D eigenvalue weighted by molar-refractivity contribution is -0.124. The topological polar surface area (TPSA) is 122 Å². The standard InChI is InChI=1S/C29H38F2N4O5S/c1-40-29(37)35(25-5-3-4-19(25)10-15-24-18-33-16-17-34(24)41(2,38)39)27(28(32)36)26(20-6-11-22(30)12-7-20)21-8-13-23(31)14-9-21/h6-9,11-14,19,24-27,33H,3-5,10,15-18H2,1-2H3,(H2,32,36)/t19?,24-,25?,27-/m0/s1. The van der Waals surface area contributed by atoms with E-state index in [9.17, 15) is 26.8 Å². The molecule has 2 aliphatic rings. The Balaban J connectivity index is 1.69. The molecule has 0 aromatic heterocycles. The van der Waals surface area contributed by atoms with Gasteiger partial charge in [0.15, 0.2) is 0 Å². The van der Waals surface area contributed by atoms with Gasteiger partial charge in [-0.05, 0) is 67.0 Å². The number of nitrogens with zero attached hydrogens (tertiary/aromatic N) is 2. The molecule has 2 amide bonds. The summed E-state index contributed by atoms with van der Waals surface area (Å²) in [6.07, 6.45) is 3.87. The van der Waals surface area contributed by atoms with Crippen molar-refractivity contribution in [3.8, 4) is 0 Å². The summed E-state index contributed by atoms with van der Waals surface area (Å²) < 4.78 is 59.2. The molecule has 9 nitrogen and oxygen atoms in total. The van der Waals surface area contributed by atoms with Crippen LogP contribution in [-0.2, 0) is 19.6 Å². The van der Waals surface area contributed by atoms with Crippen molar-refractivity contribution in [2.45, 2.75) is 56.1 Å². The first-order valence-corrected chi connectivity index (χ1v) is 15.7. The minimum atomic E-state index is -3.38. The summed E-state index contributed by atoms with van der Waals surface area (Å²) in [4.78, 5) is 28.1. The molecule has 12 heteroatoms. The fourth-order valence-electron chi connectivity index (χ4n) is 6.47. The molecular weight excluding hydrogens is 554 g/mol. The molecule has 2 unspecified atom stereocenters. The van der Waals surface area contributed by atoms with Gasteiger partial charge in [-0.1, -0.05) is 30.7 Å². The van der Waals surface area contributed by atoms with E-state index < -0.39 is 51.7 Å². The number of hydrogen-bond acceptors (Lipinski definition) is 6. The van der Waals surface area contributed by atoms with E-state index in [1.54, 1.807) is 0 Å². The molecule has 4 atom stereocenters. The van der Waals surface area contributed by atoms with Gasteiger partial charge in [-0.2, -0.15) is 4.31 Å². The van der Waals surface area contributed by atoms with E-state index >= 15 is 0 Å². The van der Waals surface area contributed by atoms with Gasteiger partial charge in [-0.25, -0.2) is 22.0 Å². The quantitative estimate of drug-likeness (QED) is 0.437. The number of primary amides is 1. The van der Waals surface area contributed by atoms with Crippen molar-refractivity contribution in [1.82, 2.24) is 14.5 Å². The molecule has 4 rings (SSSR count). The fraction of sp³-hybridized carbons (Fsp3) is 0.517. The Labute approximate surface area is 240 Å². The van der Waals surface area contributed by atoms with E-state index in [1.807, 2.05) is 0 Å². The number of sulfonamides is 1. The molecule has 1 heterocycles. The molecule has 41 heavy (non-hydrogen) atoms. The van der Waals surface area contributed by atoms with Gasteiger partial charge < -0.3 is 15.8 Å². The van der Waals surface area contributed by atoms with E-state index in [0.29, 0.717) is 50.0 Å². The third-order valence-corrected chi connectivity index (χ3v) is 9.65. The number of carbonyl (C=O) groups excluding carboxylic acids is 2. The maximum atomic E-state index is 13.9. The molecule has 0 spiro atoms. The number of carbonyl (C=O) groups is 2. The Bertz CT molecular complexity index is 1260. The maximum absolute atomic E-state index is 13.9. The molecule has 0 bridgehead atoms. The van der Waals surface area contributed by atoms with Crippen LogP contribution in [0.25, 0.3) is 0 Å². The van der Waals surface area contributed by atoms with Crippen molar-refractivity contribution in [2.75, 3.05) is 33.0 Å². The summed E-state index contributed by atoms with van der Waals surface area (Å²) in [6, 6.07) is 9.30. The van der Waals surface area contributed by atoms with Crippen LogP contribution in [0.2, 0.25) is 0 Å². The van der Waals surface area contributed by atoms with Gasteiger partial charge in [0, 0.05) is 37.6 Å². The first-order valence-electron chi connectivity index (χ1n) is 13.8. The predicted molar refractivity (Wildman–Crippen MR) is 150 cm³/mol. The summed E-state index contributed by atoms with van der Waals surface area (Å²) in [7, 11) is -2.14. The summed E-state index contributed by atoms with van der Waals surface area (Å²) in [6.45, 7) is 1.51. The van der Waals surface area contributed by atoms with Gasteiger partial charge in [0.05, 0.1) is 13.4 Å². The maximum Gasteiger partial charge on any atom is 0.410 e. The SMILES string of the molecule is COC(=O)N(C1CCCC1CC[C@H]1CNCCN1S(C)(=O)=O)[C@H](C(N)=O)C(c1ccc(F)cc1)c1ccc(F)cc1. The Kier molecular flexibility index (Phi) is 9.98. The van der Waals surface area contributed by atoms with Gasteiger partial charge >= 0.3 is 6.09 Å². The number of piperazine rings is 1. The summed E-state index contributed by atoms with van der Waals surface area (Å²) in [5.74, 6) is -2.58. The number of ether oxygens (including phenoxy) is 1. The van der Waals surface area contributed by atoms with Gasteiger partial charge in [0.1, 0.15) is 17.7 Å². The van der Waals surface area contributed by atoms with Gasteiger partial charge in [-0.15, -0.1) is 0 Å². The molecule has 1 aliphatic carbocycles. The molecule has 1 saturated heterocycles. The van der Waals surface area contributed by atoms with Crippen molar-refractivity contribution < 1.29 is 31.5 Å². The number of benzene rings is 2. The van der Waals surface area contributed by atoms with Crippen LogP contribution in [0.15, 0.2) is 48.5 Å². The Morgan fingerprint density at radius 1 is 1.05 bits per heavy atom. The zero-order valence-corrected chi connectivity index (χ0v) is 24.2. The first kappa shape index (κ1) is 30.9. The average molecular weight is 593 g/mol. The second-order valence-electron chi connectivity index (χ2n) is 10.9. The van der Waals surface area contributed by atoms with Crippen LogP contribution in [0.5, 0.6) is 0 Å². The van der Waals surface area contributed by atoms with E-state index in [1.165, 1.54) is 71.1 Å². The normalized spacial score (nSPS) is 22.4. The second kappa shape index (κ2) is 13.3. The lowest BCUT2D eigenvalue weighted by Crippen LogP contribution is -2.57. The molecule has 2 fully saturated rings. The molecule has 224 valence electrons. The molecule has 0 radical (unpaired) electrons. The Morgan fingerprint density at radius 3 is 2.15 bits per heavy atom. The highest BCUT2D eigenvalue weighted by Gasteiger charge is 2.45. The summed E-state index contributed by atoms with van der Waals surface area (Å²) in [5, 5.41) is 3.26. The highest BCUT2D eigenvalue weighted by molar-refractivity contribution is 7.88. The second-order valence-corrected chi connectivity index (χ2v) is 12.8. The van der Waals surface area contributed by atoms with Crippen molar-refractivity contribution >= 4 is 22.0 Å². The minimum Gasteiger partial charge on any atom is -0.453 e. The molecule has 1 saturated carbocycles.